The van der Waals surface area contributed by atoms with Crippen LogP contribution in [-0.4, -0.2) is 49.3 Å². The van der Waals surface area contributed by atoms with Gasteiger partial charge >= 0.3 is 5.97 Å². The van der Waals surface area contributed by atoms with Crippen molar-refractivity contribution in [2.45, 2.75) is 18.9 Å². The molecule has 1 aromatic rings. The molecule has 0 fully saturated rings. The molecule has 4 nitrogen and oxygen atoms in total. The van der Waals surface area contributed by atoms with Gasteiger partial charge in [-0.15, -0.1) is 0 Å². The predicted molar refractivity (Wildman–Crippen MR) is 70.4 cm³/mol. The smallest absolute Gasteiger partial charge is 0.314 e. The lowest BCUT2D eigenvalue weighted by Gasteiger charge is -2.26. The third kappa shape index (κ3) is 3.82. The van der Waals surface area contributed by atoms with Crippen molar-refractivity contribution in [2.75, 3.05) is 27.3 Å². The first-order valence-electron chi connectivity index (χ1n) is 6.04. The van der Waals surface area contributed by atoms with Gasteiger partial charge < -0.3 is 14.7 Å². The highest BCUT2D eigenvalue weighted by Gasteiger charge is 2.24. The molecule has 0 saturated carbocycles. The average molecular weight is 251 g/mol. The Morgan fingerprint density at radius 2 is 2.00 bits per heavy atom. The van der Waals surface area contributed by atoms with Gasteiger partial charge in [0, 0.05) is 12.6 Å². The first-order valence-corrected chi connectivity index (χ1v) is 6.04. The van der Waals surface area contributed by atoms with E-state index in [1.54, 1.807) is 0 Å². The van der Waals surface area contributed by atoms with Gasteiger partial charge in [0.1, 0.15) is 0 Å². The topological polar surface area (TPSA) is 49.8 Å². The van der Waals surface area contributed by atoms with E-state index < -0.39 is 0 Å². The van der Waals surface area contributed by atoms with Gasteiger partial charge in [0.15, 0.2) is 0 Å². The molecule has 2 atom stereocenters. The minimum atomic E-state index is -0.324. The molecule has 0 radical (unpaired) electrons. The van der Waals surface area contributed by atoms with Crippen molar-refractivity contribution in [1.29, 1.82) is 0 Å². The highest BCUT2D eigenvalue weighted by Crippen LogP contribution is 2.19. The molecule has 1 N–H and O–H groups in total. The normalized spacial score (nSPS) is 14.3. The Morgan fingerprint density at radius 1 is 1.39 bits per heavy atom. The second kappa shape index (κ2) is 7.13. The number of nitrogens with zero attached hydrogens (tertiary/aromatic N) is 1. The van der Waals surface area contributed by atoms with Gasteiger partial charge in [-0.25, -0.2) is 0 Å². The molecule has 0 aliphatic carbocycles. The molecular formula is C14H21NO3. The largest absolute Gasteiger partial charge is 0.469 e. The van der Waals surface area contributed by atoms with Crippen LogP contribution in [0.3, 0.4) is 0 Å². The molecule has 0 saturated heterocycles. The summed E-state index contributed by atoms with van der Waals surface area (Å²) in [6.45, 7) is 2.51. The summed E-state index contributed by atoms with van der Waals surface area (Å²) < 4.78 is 4.85. The standard InChI is InChI=1S/C14H21NO3/c1-11(10-16)15(2)9-13(14(17)18-3)12-7-5-4-6-8-12/h4-8,11,13,16H,9-10H2,1-3H3. The summed E-state index contributed by atoms with van der Waals surface area (Å²) in [6, 6.07) is 9.57. The van der Waals surface area contributed by atoms with E-state index in [2.05, 4.69) is 0 Å². The van der Waals surface area contributed by atoms with Crippen molar-refractivity contribution in [2.24, 2.45) is 0 Å². The maximum atomic E-state index is 11.8. The fourth-order valence-corrected chi connectivity index (χ4v) is 1.75. The second-order valence-corrected chi connectivity index (χ2v) is 4.46. The number of aliphatic hydroxyl groups excluding tert-OH is 1. The zero-order chi connectivity index (χ0) is 13.5. The number of carbonyl (C=O) groups is 1. The molecule has 18 heavy (non-hydrogen) atoms. The molecule has 0 amide bonds. The summed E-state index contributed by atoms with van der Waals surface area (Å²) >= 11 is 0. The number of methoxy groups -OCH3 is 1. The summed E-state index contributed by atoms with van der Waals surface area (Å²) in [5.41, 5.74) is 0.932. The second-order valence-electron chi connectivity index (χ2n) is 4.46. The molecule has 0 aromatic heterocycles. The van der Waals surface area contributed by atoms with Crippen LogP contribution in [0.4, 0.5) is 0 Å². The molecule has 1 rings (SSSR count). The quantitative estimate of drug-likeness (QED) is 0.773. The summed E-state index contributed by atoms with van der Waals surface area (Å²) in [5.74, 6) is -0.576. The number of ether oxygens (including phenoxy) is 1. The molecule has 0 spiro atoms. The molecule has 1 aromatic carbocycles. The molecule has 0 aliphatic heterocycles. The van der Waals surface area contributed by atoms with Gasteiger partial charge in [0.2, 0.25) is 0 Å². The Bertz CT molecular complexity index is 367. The monoisotopic (exact) mass is 251 g/mol. The van der Waals surface area contributed by atoms with Crippen LogP contribution in [0.15, 0.2) is 30.3 Å². The lowest BCUT2D eigenvalue weighted by Crippen LogP contribution is -2.37. The number of hydrogen-bond acceptors (Lipinski definition) is 4. The minimum absolute atomic E-state index is 0.0147. The SMILES string of the molecule is COC(=O)C(CN(C)C(C)CO)c1ccccc1. The van der Waals surface area contributed by atoms with E-state index in [1.165, 1.54) is 7.11 Å². The fourth-order valence-electron chi connectivity index (χ4n) is 1.75. The van der Waals surface area contributed by atoms with Gasteiger partial charge in [-0.1, -0.05) is 30.3 Å². The Hall–Kier alpha value is -1.39. The maximum Gasteiger partial charge on any atom is 0.314 e. The minimum Gasteiger partial charge on any atom is -0.469 e. The first kappa shape index (κ1) is 14.7. The van der Waals surface area contributed by atoms with E-state index in [1.807, 2.05) is 49.2 Å². The van der Waals surface area contributed by atoms with E-state index in [4.69, 9.17) is 9.84 Å². The van der Waals surface area contributed by atoms with E-state index in [-0.39, 0.29) is 24.5 Å². The van der Waals surface area contributed by atoms with Gasteiger partial charge in [0.25, 0.3) is 0 Å². The summed E-state index contributed by atoms with van der Waals surface area (Å²) in [4.78, 5) is 13.8. The Morgan fingerprint density at radius 3 is 2.50 bits per heavy atom. The van der Waals surface area contributed by atoms with Crippen molar-refractivity contribution in [1.82, 2.24) is 4.90 Å². The highest BCUT2D eigenvalue weighted by molar-refractivity contribution is 5.78. The molecule has 100 valence electrons. The average Bonchev–Trinajstić information content (AvgIpc) is 2.43. The van der Waals surface area contributed by atoms with Crippen molar-refractivity contribution in [3.8, 4) is 0 Å². The lowest BCUT2D eigenvalue weighted by molar-refractivity contribution is -0.143. The van der Waals surface area contributed by atoms with E-state index in [0.29, 0.717) is 6.54 Å². The number of esters is 1. The van der Waals surface area contributed by atoms with Crippen LogP contribution in [0.1, 0.15) is 18.4 Å². The molecule has 4 heteroatoms. The summed E-state index contributed by atoms with van der Waals surface area (Å²) in [6.07, 6.45) is 0. The van der Waals surface area contributed by atoms with Gasteiger partial charge in [-0.05, 0) is 19.5 Å². The van der Waals surface area contributed by atoms with Crippen LogP contribution in [-0.2, 0) is 9.53 Å². The Labute approximate surface area is 108 Å². The van der Waals surface area contributed by atoms with Crippen LogP contribution < -0.4 is 0 Å². The molecular weight excluding hydrogens is 230 g/mol. The summed E-state index contributed by atoms with van der Waals surface area (Å²) in [7, 11) is 3.29. The lowest BCUT2D eigenvalue weighted by atomic mass is 9.98. The third-order valence-electron chi connectivity index (χ3n) is 3.17. The van der Waals surface area contributed by atoms with Gasteiger partial charge in [0.05, 0.1) is 19.6 Å². The Kier molecular flexibility index (Phi) is 5.82. The summed E-state index contributed by atoms with van der Waals surface area (Å²) in [5, 5.41) is 9.13. The van der Waals surface area contributed by atoms with E-state index >= 15 is 0 Å². The van der Waals surface area contributed by atoms with Crippen molar-refractivity contribution in [3.63, 3.8) is 0 Å². The number of benzene rings is 1. The third-order valence-corrected chi connectivity index (χ3v) is 3.17. The predicted octanol–water partition coefficient (Wildman–Crippen LogP) is 1.26. The van der Waals surface area contributed by atoms with Gasteiger partial charge in [-0.3, -0.25) is 4.79 Å². The molecule has 0 aliphatic rings. The van der Waals surface area contributed by atoms with Crippen molar-refractivity contribution in [3.05, 3.63) is 35.9 Å². The highest BCUT2D eigenvalue weighted by atomic mass is 16.5. The number of carbonyl (C=O) groups excluding carboxylic acids is 1. The van der Waals surface area contributed by atoms with Crippen molar-refractivity contribution >= 4 is 5.97 Å². The number of aliphatic hydroxyl groups is 1. The van der Waals surface area contributed by atoms with Crippen LogP contribution in [0.2, 0.25) is 0 Å². The number of hydrogen-bond donors (Lipinski definition) is 1. The van der Waals surface area contributed by atoms with Crippen molar-refractivity contribution < 1.29 is 14.6 Å². The zero-order valence-corrected chi connectivity index (χ0v) is 11.2. The zero-order valence-electron chi connectivity index (χ0n) is 11.2. The van der Waals surface area contributed by atoms with Gasteiger partial charge in [-0.2, -0.15) is 0 Å². The molecule has 2 unspecified atom stereocenters. The maximum absolute atomic E-state index is 11.8. The van der Waals surface area contributed by atoms with E-state index in [9.17, 15) is 4.79 Å². The first-order chi connectivity index (χ1) is 8.60. The molecule has 0 bridgehead atoms. The Balaban J connectivity index is 2.84. The molecule has 0 heterocycles. The van der Waals surface area contributed by atoms with Crippen LogP contribution >= 0.6 is 0 Å². The fraction of sp³-hybridized carbons (Fsp3) is 0.500. The number of likely N-dealkylation sites (N-methyl/N-ethyl adjacent to an activating group) is 1. The van der Waals surface area contributed by atoms with Crippen LogP contribution in [0.5, 0.6) is 0 Å². The number of rotatable bonds is 6. The van der Waals surface area contributed by atoms with E-state index in [0.717, 1.165) is 5.56 Å². The van der Waals surface area contributed by atoms with Crippen LogP contribution in [0.25, 0.3) is 0 Å². The van der Waals surface area contributed by atoms with Crippen LogP contribution in [0, 0.1) is 0 Å².